The number of para-hydroxylation sites is 2. The predicted octanol–water partition coefficient (Wildman–Crippen LogP) is 5.86. The van der Waals surface area contributed by atoms with E-state index in [0.29, 0.717) is 42.1 Å². The van der Waals surface area contributed by atoms with E-state index in [2.05, 4.69) is 9.46 Å². The molecule has 3 aromatic rings. The fourth-order valence-corrected chi connectivity index (χ4v) is 6.13. The van der Waals surface area contributed by atoms with E-state index in [-0.39, 0.29) is 4.90 Å². The number of alkyl halides is 3. The highest BCUT2D eigenvalue weighted by atomic mass is 32.2. The maximum absolute atomic E-state index is 14.2. The van der Waals surface area contributed by atoms with Crippen LogP contribution in [0.2, 0.25) is 0 Å². The molecule has 4 atom stereocenters. The Morgan fingerprint density at radius 3 is 2.46 bits per heavy atom. The molecule has 1 aliphatic carbocycles. The minimum Gasteiger partial charge on any atom is -0.453 e. The summed E-state index contributed by atoms with van der Waals surface area (Å²) in [6, 6.07) is 14.1. The molecule has 1 heterocycles. The first-order valence-corrected chi connectivity index (χ1v) is 13.0. The number of aliphatic hydroxyl groups is 1. The van der Waals surface area contributed by atoms with Gasteiger partial charge < -0.3 is 19.5 Å². The van der Waals surface area contributed by atoms with Gasteiger partial charge in [-0.15, -0.1) is 13.2 Å². The van der Waals surface area contributed by atoms with Gasteiger partial charge in [-0.1, -0.05) is 12.1 Å². The minimum absolute atomic E-state index is 0.0551. The van der Waals surface area contributed by atoms with E-state index in [9.17, 15) is 26.9 Å². The minimum atomic E-state index is -4.87. The lowest BCUT2D eigenvalue weighted by atomic mass is 9.86. The van der Waals surface area contributed by atoms with Crippen molar-refractivity contribution >= 4 is 21.3 Å². The molecule has 0 spiro atoms. The van der Waals surface area contributed by atoms with Crippen molar-refractivity contribution in [2.75, 3.05) is 4.90 Å². The molecule has 3 N–H and O–H groups in total. The molecule has 0 amide bonds. The van der Waals surface area contributed by atoms with E-state index >= 15 is 0 Å². The number of nitrogens with zero attached hydrogens (tertiary/aromatic N) is 1. The summed E-state index contributed by atoms with van der Waals surface area (Å²) in [7, 11) is -3.69. The van der Waals surface area contributed by atoms with E-state index in [4.69, 9.17) is 9.52 Å². The average Bonchev–Trinajstić information content (AvgIpc) is 2.83. The third kappa shape index (κ3) is 5.22. The lowest BCUT2D eigenvalue weighted by Gasteiger charge is -2.45. The molecule has 7 nitrogen and oxygen atoms in total. The van der Waals surface area contributed by atoms with Crippen LogP contribution in [0, 0.1) is 10.6 Å². The van der Waals surface area contributed by atoms with Gasteiger partial charge >= 0.3 is 6.36 Å². The van der Waals surface area contributed by atoms with Gasteiger partial charge in [-0.25, -0.2) is 18.1 Å². The number of ether oxygens (including phenoxy) is 2. The average molecular weight is 538 g/mol. The fraction of sp³-hybridized carbons (Fsp3) is 0.280. The van der Waals surface area contributed by atoms with Crippen LogP contribution < -0.4 is 19.1 Å². The Morgan fingerprint density at radius 1 is 1.03 bits per heavy atom. The van der Waals surface area contributed by atoms with Crippen LogP contribution in [-0.2, 0) is 9.92 Å². The number of anilines is 2. The van der Waals surface area contributed by atoms with Crippen molar-refractivity contribution in [3.63, 3.8) is 0 Å². The maximum atomic E-state index is 14.2. The number of halogens is 4. The van der Waals surface area contributed by atoms with Gasteiger partial charge in [0.2, 0.25) is 0 Å². The van der Waals surface area contributed by atoms with Crippen LogP contribution in [0.1, 0.15) is 19.3 Å². The molecular weight excluding hydrogens is 514 g/mol. The number of hydrogen-bond acceptors (Lipinski definition) is 6. The first-order chi connectivity index (χ1) is 17.5. The van der Waals surface area contributed by atoms with Crippen LogP contribution >= 0.6 is 0 Å². The second-order valence-corrected chi connectivity index (χ2v) is 10.7. The number of rotatable bonds is 5. The van der Waals surface area contributed by atoms with Gasteiger partial charge in [0, 0.05) is 12.1 Å². The van der Waals surface area contributed by atoms with Crippen molar-refractivity contribution in [2.45, 2.75) is 48.7 Å². The summed E-state index contributed by atoms with van der Waals surface area (Å²) in [5.41, 5.74) is 1.08. The summed E-state index contributed by atoms with van der Waals surface area (Å²) in [6.45, 7) is 0. The highest BCUT2D eigenvalue weighted by Crippen LogP contribution is 2.49. The predicted molar refractivity (Wildman–Crippen MR) is 128 cm³/mol. The molecule has 1 fully saturated rings. The molecule has 1 saturated carbocycles. The number of nitrogens with one attached hydrogen (secondary N) is 2. The summed E-state index contributed by atoms with van der Waals surface area (Å²) in [5.74, 6) is -0.0119. The monoisotopic (exact) mass is 537 g/mol. The fourth-order valence-electron chi connectivity index (χ4n) is 4.79. The first kappa shape index (κ1) is 25.3. The van der Waals surface area contributed by atoms with Crippen molar-refractivity contribution in [1.29, 1.82) is 4.78 Å². The van der Waals surface area contributed by atoms with Gasteiger partial charge in [0.25, 0.3) is 0 Å². The normalized spacial score (nSPS) is 22.8. The zero-order valence-electron chi connectivity index (χ0n) is 19.2. The Hall–Kier alpha value is -3.35. The van der Waals surface area contributed by atoms with Gasteiger partial charge in [-0.2, -0.15) is 0 Å². The molecule has 0 bridgehead atoms. The highest BCUT2D eigenvalue weighted by molar-refractivity contribution is 7.90. The van der Waals surface area contributed by atoms with Crippen molar-refractivity contribution in [3.05, 3.63) is 72.5 Å². The van der Waals surface area contributed by atoms with Gasteiger partial charge in [0.1, 0.15) is 21.5 Å². The summed E-state index contributed by atoms with van der Waals surface area (Å²) in [5, 5.41) is 11.4. The molecule has 196 valence electrons. The molecule has 3 aromatic carbocycles. The second kappa shape index (κ2) is 9.51. The molecule has 0 radical (unpaired) electrons. The Balaban J connectivity index is 1.41. The van der Waals surface area contributed by atoms with Crippen LogP contribution in [0.25, 0.3) is 0 Å². The highest BCUT2D eigenvalue weighted by Gasteiger charge is 2.41. The standard InChI is InChI=1S/C25H23F4N3O4S/c26-15-8-13-23-21(14-15)32(19-5-1-2-7-22(19)35-23)20-6-3-4-18(24(20)33)31-37(30,34)17-11-9-16(10-12-17)36-25(27,28)29/h1-2,5,7-14,18,20,24,33H,3-4,6H2,(H2,30,31,34). The third-order valence-corrected chi connectivity index (χ3v) is 7.96. The Bertz CT molecular complexity index is 1400. The Morgan fingerprint density at radius 2 is 1.73 bits per heavy atom. The van der Waals surface area contributed by atoms with Crippen molar-refractivity contribution in [3.8, 4) is 17.2 Å². The van der Waals surface area contributed by atoms with Crippen LogP contribution in [0.4, 0.5) is 28.9 Å². The van der Waals surface area contributed by atoms with Gasteiger partial charge in [0.15, 0.2) is 11.5 Å². The topological polar surface area (TPSA) is 94.9 Å². The number of benzene rings is 3. The van der Waals surface area contributed by atoms with Crippen molar-refractivity contribution < 1.29 is 36.4 Å². The molecule has 1 aliphatic heterocycles. The molecule has 37 heavy (non-hydrogen) atoms. The molecule has 2 aliphatic rings. The summed E-state index contributed by atoms with van der Waals surface area (Å²) < 4.78 is 85.6. The van der Waals surface area contributed by atoms with E-state index in [0.717, 1.165) is 24.3 Å². The van der Waals surface area contributed by atoms with Crippen molar-refractivity contribution in [1.82, 2.24) is 4.72 Å². The van der Waals surface area contributed by atoms with Gasteiger partial charge in [0.05, 0.1) is 28.4 Å². The van der Waals surface area contributed by atoms with E-state index in [1.807, 2.05) is 4.90 Å². The molecule has 0 saturated heterocycles. The van der Waals surface area contributed by atoms with Crippen LogP contribution in [0.15, 0.2) is 71.6 Å². The Kier molecular flexibility index (Phi) is 6.50. The van der Waals surface area contributed by atoms with E-state index in [1.165, 1.54) is 18.2 Å². The lowest BCUT2D eigenvalue weighted by molar-refractivity contribution is -0.274. The zero-order valence-corrected chi connectivity index (χ0v) is 20.1. The Labute approximate surface area is 210 Å². The first-order valence-electron chi connectivity index (χ1n) is 11.5. The second-order valence-electron chi connectivity index (χ2n) is 8.84. The summed E-state index contributed by atoms with van der Waals surface area (Å²) in [4.78, 5) is 1.76. The SMILES string of the molecule is N=S(=O)(NC1CCCC(N2c3ccccc3Oc3ccc(F)cc32)C1O)c1ccc(OC(F)(F)F)cc1. The summed E-state index contributed by atoms with van der Waals surface area (Å²) >= 11 is 0. The van der Waals surface area contributed by atoms with Crippen molar-refractivity contribution in [2.24, 2.45) is 0 Å². The molecule has 0 aromatic heterocycles. The van der Waals surface area contributed by atoms with Gasteiger partial charge in [-0.05, 0) is 67.8 Å². The zero-order chi connectivity index (χ0) is 26.4. The molecule has 5 rings (SSSR count). The lowest BCUT2D eigenvalue weighted by Crippen LogP contribution is -2.55. The van der Waals surface area contributed by atoms with E-state index < -0.39 is 46.0 Å². The quantitative estimate of drug-likeness (QED) is 0.355. The van der Waals surface area contributed by atoms with Crippen LogP contribution in [0.5, 0.6) is 17.2 Å². The van der Waals surface area contributed by atoms with E-state index in [1.54, 1.807) is 24.3 Å². The number of fused-ring (bicyclic) bond motifs is 2. The van der Waals surface area contributed by atoms with Crippen LogP contribution in [-0.4, -0.2) is 33.9 Å². The smallest absolute Gasteiger partial charge is 0.453 e. The molecule has 4 unspecified atom stereocenters. The van der Waals surface area contributed by atoms with Gasteiger partial charge in [-0.3, -0.25) is 0 Å². The number of aliphatic hydroxyl groups excluding tert-OH is 1. The third-order valence-electron chi connectivity index (χ3n) is 6.38. The molecule has 12 heteroatoms. The summed E-state index contributed by atoms with van der Waals surface area (Å²) in [6.07, 6.45) is -4.44. The molecular formula is C25H23F4N3O4S. The maximum Gasteiger partial charge on any atom is 0.573 e. The number of hydrogen-bond donors (Lipinski definition) is 3. The largest absolute Gasteiger partial charge is 0.573 e. The van der Waals surface area contributed by atoms with Crippen LogP contribution in [0.3, 0.4) is 0 Å².